The Balaban J connectivity index is 1.99. The van der Waals surface area contributed by atoms with Gasteiger partial charge in [0.25, 0.3) is 0 Å². The molecule has 1 aliphatic rings. The lowest BCUT2D eigenvalue weighted by molar-refractivity contribution is -0.0660. The molecule has 0 amide bonds. The molecular formula is C10H13BrOS. The van der Waals surface area contributed by atoms with E-state index in [2.05, 4.69) is 34.3 Å². The first-order valence-electron chi connectivity index (χ1n) is 4.53. The molecule has 1 aromatic rings. The van der Waals surface area contributed by atoms with Gasteiger partial charge in [-0.15, -0.1) is 11.3 Å². The molecule has 0 aromatic carbocycles. The summed E-state index contributed by atoms with van der Waals surface area (Å²) >= 11 is 5.14. The van der Waals surface area contributed by atoms with Crippen LogP contribution in [0.1, 0.15) is 24.6 Å². The summed E-state index contributed by atoms with van der Waals surface area (Å²) in [6, 6.07) is 2.10. The van der Waals surface area contributed by atoms with Crippen molar-refractivity contribution in [3.63, 3.8) is 0 Å². The van der Waals surface area contributed by atoms with E-state index < -0.39 is 5.60 Å². The third kappa shape index (κ3) is 2.14. The first-order valence-corrected chi connectivity index (χ1v) is 6.20. The molecule has 1 aliphatic carbocycles. The Morgan fingerprint density at radius 2 is 2.38 bits per heavy atom. The van der Waals surface area contributed by atoms with Gasteiger partial charge in [-0.3, -0.25) is 0 Å². The van der Waals surface area contributed by atoms with Crippen LogP contribution in [0.5, 0.6) is 0 Å². The Labute approximate surface area is 90.9 Å². The summed E-state index contributed by atoms with van der Waals surface area (Å²) in [5, 5.41) is 12.1. The minimum absolute atomic E-state index is 0.399. The molecule has 1 aromatic heterocycles. The highest BCUT2D eigenvalue weighted by Gasteiger charge is 2.40. The van der Waals surface area contributed by atoms with Crippen LogP contribution in [0.4, 0.5) is 0 Å². The number of thiophene rings is 1. The largest absolute Gasteiger partial charge is 0.389 e. The van der Waals surface area contributed by atoms with Crippen molar-refractivity contribution in [2.24, 2.45) is 5.92 Å². The van der Waals surface area contributed by atoms with E-state index in [9.17, 15) is 5.11 Å². The van der Waals surface area contributed by atoms with Crippen molar-refractivity contribution >= 4 is 27.3 Å². The minimum atomic E-state index is -0.399. The van der Waals surface area contributed by atoms with Gasteiger partial charge < -0.3 is 5.11 Å². The van der Waals surface area contributed by atoms with Crippen LogP contribution in [-0.4, -0.2) is 10.7 Å². The zero-order valence-corrected chi connectivity index (χ0v) is 9.99. The molecule has 3 heteroatoms. The number of halogens is 1. The van der Waals surface area contributed by atoms with Crippen LogP contribution >= 0.6 is 27.3 Å². The number of aliphatic hydroxyl groups is 1. The lowest BCUT2D eigenvalue weighted by Gasteiger charge is -2.41. The van der Waals surface area contributed by atoms with Crippen molar-refractivity contribution < 1.29 is 5.11 Å². The SMILES string of the molecule is CC1CC(O)(Cc2cc(Br)cs2)C1. The van der Waals surface area contributed by atoms with Crippen molar-refractivity contribution in [3.05, 3.63) is 20.8 Å². The van der Waals surface area contributed by atoms with Crippen LogP contribution < -0.4 is 0 Å². The number of rotatable bonds is 2. The molecule has 2 rings (SSSR count). The average molecular weight is 261 g/mol. The van der Waals surface area contributed by atoms with Crippen LogP contribution in [0.2, 0.25) is 0 Å². The molecule has 1 N–H and O–H groups in total. The lowest BCUT2D eigenvalue weighted by Crippen LogP contribution is -2.44. The van der Waals surface area contributed by atoms with Gasteiger partial charge in [0.2, 0.25) is 0 Å². The molecule has 0 unspecified atom stereocenters. The molecule has 0 spiro atoms. The van der Waals surface area contributed by atoms with Crippen LogP contribution in [0, 0.1) is 5.92 Å². The van der Waals surface area contributed by atoms with Crippen LogP contribution in [0.3, 0.4) is 0 Å². The second kappa shape index (κ2) is 3.37. The standard InChI is InChI=1S/C10H13BrOS/c1-7-3-10(12,4-7)5-9-2-8(11)6-13-9/h2,6-7,12H,3-5H2,1H3. The fourth-order valence-corrected chi connectivity index (χ4v) is 3.74. The summed E-state index contributed by atoms with van der Waals surface area (Å²) in [6.45, 7) is 2.19. The Bertz CT molecular complexity index is 302. The van der Waals surface area contributed by atoms with E-state index in [1.54, 1.807) is 11.3 Å². The Kier molecular flexibility index (Phi) is 2.51. The molecule has 13 heavy (non-hydrogen) atoms. The van der Waals surface area contributed by atoms with Gasteiger partial charge in [-0.1, -0.05) is 6.92 Å². The Hall–Kier alpha value is 0.140. The van der Waals surface area contributed by atoms with E-state index in [1.165, 1.54) is 4.88 Å². The third-order valence-electron chi connectivity index (χ3n) is 2.58. The topological polar surface area (TPSA) is 20.2 Å². The maximum atomic E-state index is 10.0. The highest BCUT2D eigenvalue weighted by molar-refractivity contribution is 9.10. The second-order valence-corrected chi connectivity index (χ2v) is 6.06. The first-order chi connectivity index (χ1) is 6.07. The maximum absolute atomic E-state index is 10.0. The molecule has 0 aliphatic heterocycles. The molecule has 1 heterocycles. The van der Waals surface area contributed by atoms with Crippen molar-refractivity contribution in [1.29, 1.82) is 0 Å². The lowest BCUT2D eigenvalue weighted by atomic mass is 9.70. The molecule has 0 saturated heterocycles. The second-order valence-electron chi connectivity index (χ2n) is 4.15. The minimum Gasteiger partial charge on any atom is -0.389 e. The summed E-state index contributed by atoms with van der Waals surface area (Å²) in [5.74, 6) is 0.702. The number of hydrogen-bond acceptors (Lipinski definition) is 2. The summed E-state index contributed by atoms with van der Waals surface area (Å²) in [7, 11) is 0. The van der Waals surface area contributed by atoms with Gasteiger partial charge >= 0.3 is 0 Å². The van der Waals surface area contributed by atoms with E-state index in [1.807, 2.05) is 0 Å². The predicted octanol–water partition coefficient (Wildman–Crippen LogP) is 3.21. The zero-order chi connectivity index (χ0) is 9.47. The van der Waals surface area contributed by atoms with Crippen molar-refractivity contribution in [2.75, 3.05) is 0 Å². The monoisotopic (exact) mass is 260 g/mol. The molecular weight excluding hydrogens is 248 g/mol. The van der Waals surface area contributed by atoms with Crippen LogP contribution in [0.15, 0.2) is 15.9 Å². The Morgan fingerprint density at radius 3 is 2.85 bits per heavy atom. The normalized spacial score (nSPS) is 33.0. The van der Waals surface area contributed by atoms with Crippen molar-refractivity contribution in [1.82, 2.24) is 0 Å². The summed E-state index contributed by atoms with van der Waals surface area (Å²) < 4.78 is 1.13. The van der Waals surface area contributed by atoms with Gasteiger partial charge in [0.05, 0.1) is 5.60 Å². The quantitative estimate of drug-likeness (QED) is 0.866. The van der Waals surface area contributed by atoms with Gasteiger partial charge in [-0.25, -0.2) is 0 Å². The summed E-state index contributed by atoms with van der Waals surface area (Å²) in [5.41, 5.74) is -0.399. The van der Waals surface area contributed by atoms with Crippen molar-refractivity contribution in [3.8, 4) is 0 Å². The molecule has 0 radical (unpaired) electrons. The molecule has 1 saturated carbocycles. The van der Waals surface area contributed by atoms with Crippen molar-refractivity contribution in [2.45, 2.75) is 31.8 Å². The van der Waals surface area contributed by atoms with E-state index in [-0.39, 0.29) is 0 Å². The molecule has 0 bridgehead atoms. The fourth-order valence-electron chi connectivity index (χ4n) is 2.15. The molecule has 0 atom stereocenters. The maximum Gasteiger partial charge on any atom is 0.0701 e. The molecule has 1 fully saturated rings. The average Bonchev–Trinajstić information content (AvgIpc) is 2.32. The van der Waals surface area contributed by atoms with Gasteiger partial charge in [0.15, 0.2) is 0 Å². The predicted molar refractivity (Wildman–Crippen MR) is 59.1 cm³/mol. The molecule has 1 nitrogen and oxygen atoms in total. The highest BCUT2D eigenvalue weighted by Crippen LogP contribution is 2.40. The van der Waals surface area contributed by atoms with Gasteiger partial charge in [0.1, 0.15) is 0 Å². The van der Waals surface area contributed by atoms with E-state index in [0.717, 1.165) is 23.7 Å². The molecule has 72 valence electrons. The smallest absolute Gasteiger partial charge is 0.0701 e. The van der Waals surface area contributed by atoms with Gasteiger partial charge in [0, 0.05) is 21.2 Å². The highest BCUT2D eigenvalue weighted by atomic mass is 79.9. The van der Waals surface area contributed by atoms with Crippen LogP contribution in [-0.2, 0) is 6.42 Å². The summed E-state index contributed by atoms with van der Waals surface area (Å²) in [4.78, 5) is 1.28. The first kappa shape index (κ1) is 9.69. The summed E-state index contributed by atoms with van der Waals surface area (Å²) in [6.07, 6.45) is 2.75. The third-order valence-corrected chi connectivity index (χ3v) is 4.28. The van der Waals surface area contributed by atoms with E-state index in [4.69, 9.17) is 0 Å². The van der Waals surface area contributed by atoms with Gasteiger partial charge in [-0.2, -0.15) is 0 Å². The van der Waals surface area contributed by atoms with E-state index in [0.29, 0.717) is 5.92 Å². The van der Waals surface area contributed by atoms with Gasteiger partial charge in [-0.05, 0) is 40.8 Å². The fraction of sp³-hybridized carbons (Fsp3) is 0.600. The van der Waals surface area contributed by atoms with E-state index >= 15 is 0 Å². The Morgan fingerprint density at radius 1 is 1.69 bits per heavy atom. The number of hydrogen-bond donors (Lipinski definition) is 1. The zero-order valence-electron chi connectivity index (χ0n) is 7.59. The van der Waals surface area contributed by atoms with Crippen LogP contribution in [0.25, 0.3) is 0 Å².